The molecular formula is C17H26O9S. The summed E-state index contributed by atoms with van der Waals surface area (Å²) in [5, 5.41) is 18.6. The molecule has 0 heterocycles. The SMILES string of the molecule is C=C(CC(S)CC(=O)OCC(O)COC=O)OCC(O)COC(=O)C(=C)C. The van der Waals surface area contributed by atoms with Crippen LogP contribution >= 0.6 is 12.6 Å². The first-order valence-corrected chi connectivity index (χ1v) is 8.55. The Labute approximate surface area is 163 Å². The molecule has 27 heavy (non-hydrogen) atoms. The number of carbonyl (C=O) groups is 3. The summed E-state index contributed by atoms with van der Waals surface area (Å²) in [6, 6.07) is 0. The normalized spacial score (nSPS) is 13.6. The fraction of sp³-hybridized carbons (Fsp3) is 0.588. The van der Waals surface area contributed by atoms with Gasteiger partial charge in [0.25, 0.3) is 6.47 Å². The van der Waals surface area contributed by atoms with Crippen molar-refractivity contribution in [1.82, 2.24) is 0 Å². The van der Waals surface area contributed by atoms with Gasteiger partial charge in [0.15, 0.2) is 0 Å². The van der Waals surface area contributed by atoms with E-state index in [2.05, 4.69) is 30.5 Å². The summed E-state index contributed by atoms with van der Waals surface area (Å²) in [5.74, 6) is -0.920. The van der Waals surface area contributed by atoms with E-state index >= 15 is 0 Å². The molecule has 0 spiro atoms. The van der Waals surface area contributed by atoms with E-state index in [4.69, 9.17) is 14.2 Å². The highest BCUT2D eigenvalue weighted by atomic mass is 32.1. The summed E-state index contributed by atoms with van der Waals surface area (Å²) < 4.78 is 19.2. The van der Waals surface area contributed by atoms with Crippen LogP contribution in [0.15, 0.2) is 24.5 Å². The molecule has 0 saturated carbocycles. The van der Waals surface area contributed by atoms with E-state index in [-0.39, 0.29) is 57.1 Å². The van der Waals surface area contributed by atoms with Crippen molar-refractivity contribution in [2.45, 2.75) is 37.2 Å². The van der Waals surface area contributed by atoms with Gasteiger partial charge in [0.1, 0.15) is 38.6 Å². The third kappa shape index (κ3) is 13.8. The maximum absolute atomic E-state index is 11.6. The Morgan fingerprint density at radius 2 is 1.56 bits per heavy atom. The van der Waals surface area contributed by atoms with Crippen LogP contribution in [0.3, 0.4) is 0 Å². The molecule has 0 fully saturated rings. The number of hydrogen-bond donors (Lipinski definition) is 3. The van der Waals surface area contributed by atoms with Crippen molar-refractivity contribution >= 4 is 31.0 Å². The molecule has 3 unspecified atom stereocenters. The molecule has 9 nitrogen and oxygen atoms in total. The maximum atomic E-state index is 11.6. The van der Waals surface area contributed by atoms with Gasteiger partial charge in [-0.1, -0.05) is 13.2 Å². The number of hydrogen-bond acceptors (Lipinski definition) is 10. The van der Waals surface area contributed by atoms with E-state index in [1.165, 1.54) is 6.92 Å². The van der Waals surface area contributed by atoms with Crippen LogP contribution in [-0.4, -0.2) is 72.5 Å². The Kier molecular flexibility index (Phi) is 13.0. The minimum Gasteiger partial charge on any atom is -0.496 e. The maximum Gasteiger partial charge on any atom is 0.333 e. The predicted molar refractivity (Wildman–Crippen MR) is 97.9 cm³/mol. The molecule has 0 aliphatic rings. The van der Waals surface area contributed by atoms with E-state index in [0.29, 0.717) is 0 Å². The smallest absolute Gasteiger partial charge is 0.333 e. The fourth-order valence-corrected chi connectivity index (χ4v) is 1.94. The van der Waals surface area contributed by atoms with E-state index in [9.17, 15) is 24.6 Å². The molecule has 0 aliphatic heterocycles. The lowest BCUT2D eigenvalue weighted by molar-refractivity contribution is -0.148. The molecule has 0 rings (SSSR count). The summed E-state index contributed by atoms with van der Waals surface area (Å²) in [5.41, 5.74) is 0.223. The van der Waals surface area contributed by atoms with Crippen LogP contribution in [0.1, 0.15) is 19.8 Å². The zero-order chi connectivity index (χ0) is 20.8. The summed E-state index contributed by atoms with van der Waals surface area (Å²) in [7, 11) is 0. The Balaban J connectivity index is 3.96. The van der Waals surface area contributed by atoms with Gasteiger partial charge in [0, 0.05) is 17.2 Å². The number of aliphatic hydroxyl groups excluding tert-OH is 2. The molecule has 0 saturated heterocycles. The highest BCUT2D eigenvalue weighted by Crippen LogP contribution is 2.15. The molecule has 0 amide bonds. The van der Waals surface area contributed by atoms with E-state index in [0.717, 1.165) is 0 Å². The number of thiol groups is 1. The minimum absolute atomic E-state index is 0.0640. The van der Waals surface area contributed by atoms with Gasteiger partial charge >= 0.3 is 11.9 Å². The molecular weight excluding hydrogens is 380 g/mol. The second-order valence-corrected chi connectivity index (χ2v) is 6.44. The average Bonchev–Trinajstić information content (AvgIpc) is 2.60. The zero-order valence-electron chi connectivity index (χ0n) is 15.2. The Hall–Kier alpha value is -2.04. The second kappa shape index (κ2) is 14.1. The Bertz CT molecular complexity index is 521. The van der Waals surface area contributed by atoms with Crippen LogP contribution in [-0.2, 0) is 33.3 Å². The van der Waals surface area contributed by atoms with Crippen LogP contribution in [0.4, 0.5) is 0 Å². The number of ether oxygens (including phenoxy) is 4. The fourth-order valence-electron chi connectivity index (χ4n) is 1.59. The van der Waals surface area contributed by atoms with Gasteiger partial charge < -0.3 is 29.2 Å². The molecule has 0 aromatic heterocycles. The van der Waals surface area contributed by atoms with Crippen LogP contribution in [0.25, 0.3) is 0 Å². The lowest BCUT2D eigenvalue weighted by Crippen LogP contribution is -2.25. The number of carbonyl (C=O) groups excluding carboxylic acids is 3. The third-order valence-corrected chi connectivity index (χ3v) is 3.26. The number of aliphatic hydroxyl groups is 2. The summed E-state index contributed by atoms with van der Waals surface area (Å²) in [6.45, 7) is 7.79. The number of esters is 2. The summed E-state index contributed by atoms with van der Waals surface area (Å²) >= 11 is 4.23. The largest absolute Gasteiger partial charge is 0.496 e. The van der Waals surface area contributed by atoms with Gasteiger partial charge in [-0.15, -0.1) is 0 Å². The van der Waals surface area contributed by atoms with Crippen molar-refractivity contribution in [3.8, 4) is 0 Å². The number of rotatable bonds is 15. The average molecular weight is 406 g/mol. The minimum atomic E-state index is -1.10. The zero-order valence-corrected chi connectivity index (χ0v) is 16.1. The standard InChI is InChI=1S/C17H26O9S/c1-11(2)17(22)26-9-14(20)7-24-12(3)4-15(27)5-16(21)25-8-13(19)6-23-10-18/h10,13-15,19-20,27H,1,3-9H2,2H3. The van der Waals surface area contributed by atoms with Gasteiger partial charge in [-0.2, -0.15) is 12.6 Å². The van der Waals surface area contributed by atoms with Gasteiger partial charge in [-0.05, 0) is 6.92 Å². The van der Waals surface area contributed by atoms with Gasteiger partial charge in [0.2, 0.25) is 0 Å². The van der Waals surface area contributed by atoms with Gasteiger partial charge in [0.05, 0.1) is 12.2 Å². The molecule has 10 heteroatoms. The van der Waals surface area contributed by atoms with Crippen molar-refractivity contribution in [1.29, 1.82) is 0 Å². The number of allylic oxidation sites excluding steroid dienone is 1. The van der Waals surface area contributed by atoms with Gasteiger partial charge in [-0.25, -0.2) is 4.79 Å². The Morgan fingerprint density at radius 3 is 2.15 bits per heavy atom. The van der Waals surface area contributed by atoms with Crippen molar-refractivity contribution in [3.05, 3.63) is 24.5 Å². The van der Waals surface area contributed by atoms with E-state index in [1.807, 2.05) is 0 Å². The van der Waals surface area contributed by atoms with E-state index in [1.54, 1.807) is 0 Å². The van der Waals surface area contributed by atoms with Gasteiger partial charge in [-0.3, -0.25) is 9.59 Å². The molecule has 2 N–H and O–H groups in total. The highest BCUT2D eigenvalue weighted by Gasteiger charge is 2.16. The summed E-state index contributed by atoms with van der Waals surface area (Å²) in [6.07, 6.45) is -1.99. The monoisotopic (exact) mass is 406 g/mol. The topological polar surface area (TPSA) is 129 Å². The van der Waals surface area contributed by atoms with Crippen LogP contribution in [0, 0.1) is 0 Å². The third-order valence-electron chi connectivity index (χ3n) is 2.89. The summed E-state index contributed by atoms with van der Waals surface area (Å²) in [4.78, 5) is 32.8. The van der Waals surface area contributed by atoms with Crippen LogP contribution < -0.4 is 0 Å². The molecule has 0 radical (unpaired) electrons. The molecule has 3 atom stereocenters. The first kappa shape index (κ1) is 25.0. The first-order chi connectivity index (χ1) is 12.6. The lowest BCUT2D eigenvalue weighted by atomic mass is 10.2. The quantitative estimate of drug-likeness (QED) is 0.0869. The van der Waals surface area contributed by atoms with Crippen molar-refractivity contribution in [2.75, 3.05) is 26.4 Å². The molecule has 0 aromatic rings. The van der Waals surface area contributed by atoms with Crippen molar-refractivity contribution in [2.24, 2.45) is 0 Å². The molecule has 0 bridgehead atoms. The lowest BCUT2D eigenvalue weighted by Gasteiger charge is -2.16. The van der Waals surface area contributed by atoms with E-state index < -0.39 is 29.4 Å². The second-order valence-electron chi connectivity index (χ2n) is 5.71. The highest BCUT2D eigenvalue weighted by molar-refractivity contribution is 7.81. The van der Waals surface area contributed by atoms with Crippen molar-refractivity contribution < 1.29 is 43.5 Å². The van der Waals surface area contributed by atoms with Crippen molar-refractivity contribution in [3.63, 3.8) is 0 Å². The van der Waals surface area contributed by atoms with Crippen LogP contribution in [0.2, 0.25) is 0 Å². The predicted octanol–water partition coefficient (Wildman–Crippen LogP) is 0.153. The molecule has 154 valence electrons. The Morgan fingerprint density at radius 1 is 1.00 bits per heavy atom. The first-order valence-electron chi connectivity index (χ1n) is 8.04. The molecule has 0 aromatic carbocycles. The van der Waals surface area contributed by atoms with Crippen LogP contribution in [0.5, 0.6) is 0 Å². The molecule has 0 aliphatic carbocycles.